The lowest BCUT2D eigenvalue weighted by molar-refractivity contribution is -0.181. The lowest BCUT2D eigenvalue weighted by Crippen LogP contribution is -2.52. The zero-order valence-electron chi connectivity index (χ0n) is 69.6. The van der Waals surface area contributed by atoms with E-state index in [9.17, 15) is 78.3 Å². The van der Waals surface area contributed by atoms with Crippen LogP contribution in [0.2, 0.25) is 0 Å². The summed E-state index contributed by atoms with van der Waals surface area (Å²) in [5.41, 5.74) is -1.77. The van der Waals surface area contributed by atoms with E-state index < -0.39 is 137 Å². The first-order valence-corrected chi connectivity index (χ1v) is 44.0. The molecule has 6 N–H and O–H groups in total. The summed E-state index contributed by atoms with van der Waals surface area (Å²) in [7, 11) is 0. The van der Waals surface area contributed by atoms with Crippen molar-refractivity contribution in [3.8, 4) is 0 Å². The average Bonchev–Trinajstić information content (AvgIpc) is 0.791. The molecule has 2 rings (SSSR count). The van der Waals surface area contributed by atoms with Crippen LogP contribution >= 0.6 is 0 Å². The molecule has 2 saturated carbocycles. The molecule has 0 bridgehead atoms. The van der Waals surface area contributed by atoms with Gasteiger partial charge in [-0.1, -0.05) is 252 Å². The number of carboxylic acids is 5. The maximum Gasteiger partial charge on any atom is 0.332 e. The molecule has 26 nitrogen and oxygen atoms in total. The van der Waals surface area contributed by atoms with Crippen LogP contribution in [0.25, 0.3) is 0 Å². The van der Waals surface area contributed by atoms with Gasteiger partial charge in [0, 0.05) is 58.0 Å². The van der Waals surface area contributed by atoms with Crippen LogP contribution in [0, 0.1) is 22.7 Å². The van der Waals surface area contributed by atoms with Crippen LogP contribution in [0.5, 0.6) is 0 Å². The number of carbonyl (C=O) groups excluding carboxylic acids is 6. The number of aliphatic carboxylic acids is 5. The molecule has 0 aromatic rings. The number of nitrogens with one attached hydrogen (secondary N) is 1. The van der Waals surface area contributed by atoms with E-state index >= 15 is 0 Å². The van der Waals surface area contributed by atoms with Crippen molar-refractivity contribution in [1.29, 1.82) is 0 Å². The average molecular weight is 1590 g/mol. The van der Waals surface area contributed by atoms with Crippen molar-refractivity contribution in [2.24, 2.45) is 22.7 Å². The molecule has 0 aromatic heterocycles. The third-order valence-corrected chi connectivity index (χ3v) is 22.3. The number of rotatable bonds is 76. The number of hydrogen-bond donors (Lipinski definition) is 6. The van der Waals surface area contributed by atoms with Crippen LogP contribution in [0.3, 0.4) is 0 Å². The Morgan fingerprint density at radius 3 is 1.08 bits per heavy atom. The summed E-state index contributed by atoms with van der Waals surface area (Å²) in [6.45, 7) is -0.0468. The molecule has 0 aromatic carbocycles. The van der Waals surface area contributed by atoms with Crippen LogP contribution in [0.1, 0.15) is 348 Å². The lowest BCUT2D eigenvalue weighted by atomic mass is 9.61. The number of nitrogens with zero attached hydrogens (tertiary/aromatic N) is 3. The Bertz CT molecular complexity index is 2410. The first-order valence-electron chi connectivity index (χ1n) is 44.0. The van der Waals surface area contributed by atoms with E-state index in [1.807, 2.05) is 0 Å². The van der Waals surface area contributed by atoms with Gasteiger partial charge in [0.05, 0.1) is 45.4 Å². The third-order valence-electron chi connectivity index (χ3n) is 22.3. The van der Waals surface area contributed by atoms with Crippen LogP contribution in [-0.2, 0) is 81.2 Å². The summed E-state index contributed by atoms with van der Waals surface area (Å²) >= 11 is 0. The van der Waals surface area contributed by atoms with Crippen LogP contribution in [0.4, 0.5) is 0 Å². The molecule has 2 aliphatic rings. The molecule has 2 aliphatic carbocycles. The normalized spacial score (nSPS) is 16.0. The minimum atomic E-state index is -1.79. The van der Waals surface area contributed by atoms with E-state index in [4.69, 9.17) is 28.4 Å². The topological polar surface area (TPSA) is 366 Å². The first kappa shape index (κ1) is 102. The summed E-state index contributed by atoms with van der Waals surface area (Å²) in [4.78, 5) is 143. The van der Waals surface area contributed by atoms with Crippen molar-refractivity contribution < 1.29 is 107 Å². The summed E-state index contributed by atoms with van der Waals surface area (Å²) in [5, 5.41) is 50.4. The largest absolute Gasteiger partial charge is 0.480 e. The van der Waals surface area contributed by atoms with E-state index in [2.05, 4.69) is 26.1 Å². The van der Waals surface area contributed by atoms with Gasteiger partial charge in [0.1, 0.15) is 33.0 Å². The fourth-order valence-electron chi connectivity index (χ4n) is 15.3. The second-order valence-electron chi connectivity index (χ2n) is 32.4. The minimum Gasteiger partial charge on any atom is -0.480 e. The number of esters is 5. The standard InChI is InChI=1S/C86H152N4O22/c1-4-7-10-13-16-19-22-25-28-31-34-37-40-44-79(101)110-68-86(69-111-80(102)45-41-38-35-32-29-26-23-20-17-14-11-8-5-2,70-112-81(103)46-42-39-36-33-30-27-24-21-18-15-12-9-6-3)84(106)109-65-71-47-51-85(52-48-71)53-49-72(50-54-85)83(105)87-55-43-58-107-67-82(104)108-66-73(90(63-77(97)98)64-78(99)100)59-88(60-74(91)92)56-57-89(61-75(93)94)62-76(95)96/h71-73H,4-70H2,1-3H3,(H,87,105)(H,91,92)(H,93,94)(H,95,96)(H,97,98)(H,99,100). The Hall–Kier alpha value is -5.99. The predicted octanol–water partition coefficient (Wildman–Crippen LogP) is 15.7. The Labute approximate surface area is 671 Å². The maximum absolute atomic E-state index is 14.9. The smallest absolute Gasteiger partial charge is 0.332 e. The second kappa shape index (κ2) is 66.2. The number of unbranched alkanes of at least 4 members (excludes halogenated alkanes) is 36. The molecule has 1 atom stereocenters. The summed E-state index contributed by atoms with van der Waals surface area (Å²) < 4.78 is 34.9. The number of hydrogen-bond acceptors (Lipinski definition) is 20. The quantitative estimate of drug-likeness (QED) is 0.0187. The van der Waals surface area contributed by atoms with Crippen molar-refractivity contribution in [3.63, 3.8) is 0 Å². The van der Waals surface area contributed by atoms with Crippen LogP contribution < -0.4 is 5.32 Å². The Morgan fingerprint density at radius 1 is 0.393 bits per heavy atom. The molecule has 1 amide bonds. The van der Waals surface area contributed by atoms with Crippen molar-refractivity contribution >= 4 is 65.6 Å². The van der Waals surface area contributed by atoms with Crippen LogP contribution in [-0.4, -0.2) is 217 Å². The molecule has 0 saturated heterocycles. The molecule has 1 unspecified atom stereocenters. The van der Waals surface area contributed by atoms with Gasteiger partial charge in [-0.15, -0.1) is 0 Å². The molecular weight excluding hydrogens is 1440 g/mol. The molecule has 112 heavy (non-hydrogen) atoms. The van der Waals surface area contributed by atoms with Crippen molar-refractivity contribution in [2.75, 3.05) is 105 Å². The monoisotopic (exact) mass is 1590 g/mol. The van der Waals surface area contributed by atoms with Gasteiger partial charge < -0.3 is 59.3 Å². The molecule has 2 fully saturated rings. The Morgan fingerprint density at radius 2 is 0.723 bits per heavy atom. The van der Waals surface area contributed by atoms with E-state index in [0.29, 0.717) is 38.5 Å². The van der Waals surface area contributed by atoms with Gasteiger partial charge in [0.15, 0.2) is 5.41 Å². The van der Waals surface area contributed by atoms with Gasteiger partial charge in [0.2, 0.25) is 5.91 Å². The van der Waals surface area contributed by atoms with Gasteiger partial charge in [0.25, 0.3) is 0 Å². The first-order chi connectivity index (χ1) is 54.0. The van der Waals surface area contributed by atoms with Crippen molar-refractivity contribution in [1.82, 2.24) is 20.0 Å². The fraction of sp³-hybridized carbons (Fsp3) is 0.872. The fourth-order valence-corrected chi connectivity index (χ4v) is 15.3. The SMILES string of the molecule is CCCCCCCCCCCCCCCC(=O)OCC(COC(=O)CCCCCCCCCCCCCCC)(COC(=O)CCCCCCCCCCCCCCC)C(=O)OCC1CCC2(CC1)CCC(C(=O)NCCCOCC(=O)OCC(CN(CCN(CC(=O)O)CC(=O)O)CC(=O)O)N(CC(=O)O)CC(=O)O)CC2. The minimum absolute atomic E-state index is 0.0127. The number of amides is 1. The zero-order chi connectivity index (χ0) is 82.1. The Balaban J connectivity index is 2.08. The molecule has 0 radical (unpaired) electrons. The highest BCUT2D eigenvalue weighted by atomic mass is 16.6. The van der Waals surface area contributed by atoms with Gasteiger partial charge in [-0.3, -0.25) is 62.6 Å². The zero-order valence-corrected chi connectivity index (χ0v) is 69.6. The number of carbonyl (C=O) groups is 11. The summed E-state index contributed by atoms with van der Waals surface area (Å²) in [6.07, 6.45) is 52.4. The maximum atomic E-state index is 14.9. The van der Waals surface area contributed by atoms with E-state index in [0.717, 1.165) is 106 Å². The molecule has 0 aliphatic heterocycles. The number of ether oxygens (including phenoxy) is 6. The second-order valence-corrected chi connectivity index (χ2v) is 32.4. The van der Waals surface area contributed by atoms with Crippen molar-refractivity contribution in [3.05, 3.63) is 0 Å². The summed E-state index contributed by atoms with van der Waals surface area (Å²) in [5.74, 6) is -10.2. The number of carboxylic acid groups (broad SMARTS) is 5. The van der Waals surface area contributed by atoms with E-state index in [-0.39, 0.29) is 81.8 Å². The van der Waals surface area contributed by atoms with Gasteiger partial charge >= 0.3 is 59.7 Å². The van der Waals surface area contributed by atoms with Crippen LogP contribution in [0.15, 0.2) is 0 Å². The third kappa shape index (κ3) is 54.0. The summed E-state index contributed by atoms with van der Waals surface area (Å²) in [6, 6.07) is -1.20. The highest BCUT2D eigenvalue weighted by molar-refractivity contribution is 5.80. The van der Waals surface area contributed by atoms with Crippen molar-refractivity contribution in [2.45, 2.75) is 354 Å². The highest BCUT2D eigenvalue weighted by Crippen LogP contribution is 2.50. The van der Waals surface area contributed by atoms with Gasteiger partial charge in [-0.05, 0) is 88.4 Å². The van der Waals surface area contributed by atoms with E-state index in [1.165, 1.54) is 178 Å². The van der Waals surface area contributed by atoms with E-state index in [1.54, 1.807) is 0 Å². The molecular formula is C86H152N4O22. The van der Waals surface area contributed by atoms with Gasteiger partial charge in [-0.25, -0.2) is 4.79 Å². The predicted molar refractivity (Wildman–Crippen MR) is 429 cm³/mol. The molecule has 26 heteroatoms. The molecule has 1 spiro atoms. The lowest BCUT2D eigenvalue weighted by Gasteiger charge is -2.44. The Kier molecular flexibility index (Phi) is 60.3. The molecule has 648 valence electrons. The molecule has 0 heterocycles. The van der Waals surface area contributed by atoms with Gasteiger partial charge in [-0.2, -0.15) is 0 Å². The highest BCUT2D eigenvalue weighted by Gasteiger charge is 2.47.